The third-order valence-electron chi connectivity index (χ3n) is 3.79. The van der Waals surface area contributed by atoms with Crippen molar-refractivity contribution in [1.29, 1.82) is 0 Å². The van der Waals surface area contributed by atoms with Crippen LogP contribution in [0.3, 0.4) is 0 Å². The number of hydrogen-bond donors (Lipinski definition) is 3. The van der Waals surface area contributed by atoms with Gasteiger partial charge < -0.3 is 15.8 Å². The summed E-state index contributed by atoms with van der Waals surface area (Å²) in [4.78, 5) is 25.2. The molecule has 0 bridgehead atoms. The van der Waals surface area contributed by atoms with Gasteiger partial charge in [-0.05, 0) is 49.7 Å². The molecule has 8 heteroatoms. The summed E-state index contributed by atoms with van der Waals surface area (Å²) in [5, 5.41) is 6.13. The van der Waals surface area contributed by atoms with Crippen LogP contribution in [0.5, 0.6) is 5.75 Å². The second-order valence-electron chi connectivity index (χ2n) is 6.46. The summed E-state index contributed by atoms with van der Waals surface area (Å²) in [6.45, 7) is 8.28. The van der Waals surface area contributed by atoms with Gasteiger partial charge in [-0.3, -0.25) is 14.9 Å². The monoisotopic (exact) mass is 405 g/mol. The Balaban J connectivity index is 2.12. The minimum absolute atomic E-state index is 0.0856. The standard InChI is InChI=1S/C19H23N3O3S2/c1-10(2)9-25-14-8-6-5-7-13(14)17(24)21-19(26)22-18-15(16(20)23)11(3)12(4)27-18/h5-8,10H,9H2,1-4H3,(H2,20,23)(H2,21,22,24,26). The van der Waals surface area contributed by atoms with Crippen molar-refractivity contribution in [2.75, 3.05) is 11.9 Å². The molecule has 0 radical (unpaired) electrons. The lowest BCUT2D eigenvalue weighted by atomic mass is 10.1. The predicted molar refractivity (Wildman–Crippen MR) is 113 cm³/mol. The van der Waals surface area contributed by atoms with Crippen LogP contribution in [0.15, 0.2) is 24.3 Å². The van der Waals surface area contributed by atoms with Gasteiger partial charge in [0, 0.05) is 4.88 Å². The van der Waals surface area contributed by atoms with Crippen LogP contribution >= 0.6 is 23.6 Å². The number of carbonyl (C=O) groups is 2. The molecule has 1 aromatic heterocycles. The average molecular weight is 406 g/mol. The molecule has 2 rings (SSSR count). The van der Waals surface area contributed by atoms with Crippen molar-refractivity contribution in [2.24, 2.45) is 11.7 Å². The van der Waals surface area contributed by atoms with E-state index in [0.717, 1.165) is 10.4 Å². The van der Waals surface area contributed by atoms with Crippen LogP contribution in [-0.2, 0) is 0 Å². The lowest BCUT2D eigenvalue weighted by Crippen LogP contribution is -2.34. The van der Waals surface area contributed by atoms with Gasteiger partial charge in [0.25, 0.3) is 11.8 Å². The number of thiocarbonyl (C=S) groups is 1. The van der Waals surface area contributed by atoms with Gasteiger partial charge >= 0.3 is 0 Å². The molecule has 6 nitrogen and oxygen atoms in total. The zero-order valence-corrected chi connectivity index (χ0v) is 17.3. The molecule has 1 heterocycles. The van der Waals surface area contributed by atoms with E-state index in [0.29, 0.717) is 34.4 Å². The number of para-hydroxylation sites is 1. The highest BCUT2D eigenvalue weighted by atomic mass is 32.1. The molecule has 0 atom stereocenters. The number of ether oxygens (including phenoxy) is 1. The number of amides is 2. The van der Waals surface area contributed by atoms with Crippen LogP contribution in [0, 0.1) is 19.8 Å². The fourth-order valence-corrected chi connectivity index (χ4v) is 3.68. The molecule has 4 N–H and O–H groups in total. The number of anilines is 1. The molecular formula is C19H23N3O3S2. The Hall–Kier alpha value is -2.45. The smallest absolute Gasteiger partial charge is 0.261 e. The highest BCUT2D eigenvalue weighted by molar-refractivity contribution is 7.80. The van der Waals surface area contributed by atoms with E-state index in [1.807, 2.05) is 27.7 Å². The molecule has 144 valence electrons. The van der Waals surface area contributed by atoms with E-state index in [2.05, 4.69) is 10.6 Å². The number of aryl methyl sites for hydroxylation is 1. The zero-order valence-electron chi connectivity index (χ0n) is 15.7. The van der Waals surface area contributed by atoms with E-state index < -0.39 is 11.8 Å². The number of primary amides is 1. The van der Waals surface area contributed by atoms with Crippen molar-refractivity contribution in [3.63, 3.8) is 0 Å². The molecule has 0 spiro atoms. The summed E-state index contributed by atoms with van der Waals surface area (Å²) in [6.07, 6.45) is 0. The van der Waals surface area contributed by atoms with Gasteiger partial charge in [0.2, 0.25) is 0 Å². The quantitative estimate of drug-likeness (QED) is 0.638. The molecule has 0 saturated heterocycles. The van der Waals surface area contributed by atoms with E-state index >= 15 is 0 Å². The first-order chi connectivity index (χ1) is 12.7. The molecule has 27 heavy (non-hydrogen) atoms. The van der Waals surface area contributed by atoms with Gasteiger partial charge in [-0.2, -0.15) is 0 Å². The molecule has 0 aliphatic rings. The van der Waals surface area contributed by atoms with Gasteiger partial charge in [-0.1, -0.05) is 26.0 Å². The van der Waals surface area contributed by atoms with Crippen molar-refractivity contribution in [3.05, 3.63) is 45.8 Å². The Morgan fingerprint density at radius 2 is 1.93 bits per heavy atom. The van der Waals surface area contributed by atoms with E-state index in [-0.39, 0.29) is 5.11 Å². The summed E-state index contributed by atoms with van der Waals surface area (Å²) in [5.41, 5.74) is 7.03. The molecule has 2 amide bonds. The molecule has 0 aliphatic carbocycles. The summed E-state index contributed by atoms with van der Waals surface area (Å²) in [7, 11) is 0. The Labute approximate surface area is 168 Å². The second kappa shape index (κ2) is 8.96. The van der Waals surface area contributed by atoms with Gasteiger partial charge in [-0.25, -0.2) is 0 Å². The predicted octanol–water partition coefficient (Wildman–Crippen LogP) is 3.63. The van der Waals surface area contributed by atoms with Crippen molar-refractivity contribution < 1.29 is 14.3 Å². The van der Waals surface area contributed by atoms with Crippen molar-refractivity contribution in [1.82, 2.24) is 5.32 Å². The summed E-state index contributed by atoms with van der Waals surface area (Å²) < 4.78 is 5.71. The third-order valence-corrected chi connectivity index (χ3v) is 5.12. The van der Waals surface area contributed by atoms with E-state index in [1.165, 1.54) is 11.3 Å². The van der Waals surface area contributed by atoms with E-state index in [4.69, 9.17) is 22.7 Å². The molecule has 0 fully saturated rings. The SMILES string of the molecule is Cc1sc(NC(=S)NC(=O)c2ccccc2OCC(C)C)c(C(N)=O)c1C. The van der Waals surface area contributed by atoms with Crippen LogP contribution in [0.2, 0.25) is 0 Å². The summed E-state index contributed by atoms with van der Waals surface area (Å²) in [6, 6.07) is 6.97. The zero-order chi connectivity index (χ0) is 20.1. The lowest BCUT2D eigenvalue weighted by molar-refractivity contribution is 0.0971. The maximum absolute atomic E-state index is 12.6. The molecular weight excluding hydrogens is 382 g/mol. The molecule has 0 saturated carbocycles. The summed E-state index contributed by atoms with van der Waals surface area (Å²) >= 11 is 6.59. The normalized spacial score (nSPS) is 10.6. The number of carbonyl (C=O) groups excluding carboxylic acids is 2. The van der Waals surface area contributed by atoms with Gasteiger partial charge in [0.05, 0.1) is 17.7 Å². The van der Waals surface area contributed by atoms with Crippen molar-refractivity contribution >= 4 is 45.5 Å². The summed E-state index contributed by atoms with van der Waals surface area (Å²) in [5.74, 6) is -0.105. The van der Waals surface area contributed by atoms with Crippen molar-refractivity contribution in [2.45, 2.75) is 27.7 Å². The minimum atomic E-state index is -0.541. The topological polar surface area (TPSA) is 93.4 Å². The highest BCUT2D eigenvalue weighted by Gasteiger charge is 2.19. The van der Waals surface area contributed by atoms with Crippen LogP contribution in [0.1, 0.15) is 45.0 Å². The molecule has 0 unspecified atom stereocenters. The number of nitrogens with one attached hydrogen (secondary N) is 2. The average Bonchev–Trinajstić information content (AvgIpc) is 2.86. The lowest BCUT2D eigenvalue weighted by Gasteiger charge is -2.14. The largest absolute Gasteiger partial charge is 0.492 e. The number of nitrogens with two attached hydrogens (primary N) is 1. The van der Waals surface area contributed by atoms with Crippen LogP contribution < -0.4 is 21.1 Å². The van der Waals surface area contributed by atoms with Gasteiger partial charge in [-0.15, -0.1) is 11.3 Å². The van der Waals surface area contributed by atoms with Gasteiger partial charge in [0.15, 0.2) is 5.11 Å². The molecule has 0 aliphatic heterocycles. The minimum Gasteiger partial charge on any atom is -0.492 e. The first-order valence-electron chi connectivity index (χ1n) is 8.44. The Morgan fingerprint density at radius 1 is 1.26 bits per heavy atom. The van der Waals surface area contributed by atoms with Crippen LogP contribution in [0.25, 0.3) is 0 Å². The first kappa shape index (κ1) is 20.9. The third kappa shape index (κ3) is 5.27. The van der Waals surface area contributed by atoms with Crippen LogP contribution in [-0.4, -0.2) is 23.5 Å². The second-order valence-corrected chi connectivity index (χ2v) is 8.09. The number of thiophene rings is 1. The number of rotatable bonds is 6. The first-order valence-corrected chi connectivity index (χ1v) is 9.67. The molecule has 2 aromatic rings. The number of benzene rings is 1. The van der Waals surface area contributed by atoms with Crippen molar-refractivity contribution in [3.8, 4) is 5.75 Å². The Morgan fingerprint density at radius 3 is 2.56 bits per heavy atom. The van der Waals surface area contributed by atoms with Crippen LogP contribution in [0.4, 0.5) is 5.00 Å². The van der Waals surface area contributed by atoms with E-state index in [1.54, 1.807) is 24.3 Å². The van der Waals surface area contributed by atoms with E-state index in [9.17, 15) is 9.59 Å². The maximum atomic E-state index is 12.6. The Bertz CT molecular complexity index is 875. The molecule has 1 aromatic carbocycles. The fraction of sp³-hybridized carbons (Fsp3) is 0.316. The maximum Gasteiger partial charge on any atom is 0.261 e. The number of hydrogen-bond acceptors (Lipinski definition) is 5. The van der Waals surface area contributed by atoms with Gasteiger partial charge in [0.1, 0.15) is 10.8 Å². The Kier molecular flexibility index (Phi) is 6.92. The fourth-order valence-electron chi connectivity index (χ4n) is 2.35. The highest BCUT2D eigenvalue weighted by Crippen LogP contribution is 2.32.